The fraction of sp³-hybridized carbons (Fsp3) is 0.182. The first-order valence-corrected chi connectivity index (χ1v) is 9.39. The Labute approximate surface area is 174 Å². The smallest absolute Gasteiger partial charge is 0.262 e. The molecule has 0 spiro atoms. The van der Waals surface area contributed by atoms with Gasteiger partial charge < -0.3 is 19.5 Å². The van der Waals surface area contributed by atoms with Gasteiger partial charge in [0, 0.05) is 13.3 Å². The molecule has 150 valence electrons. The van der Waals surface area contributed by atoms with Gasteiger partial charge >= 0.3 is 0 Å². The monoisotopic (exact) mass is 412 g/mol. The summed E-state index contributed by atoms with van der Waals surface area (Å²) in [7, 11) is 1.58. The number of ether oxygens (including phenoxy) is 3. The van der Waals surface area contributed by atoms with Gasteiger partial charge in [0.2, 0.25) is 5.88 Å². The molecule has 0 fully saturated rings. The number of nitrogens with zero attached hydrogens (tertiary/aromatic N) is 1. The Balaban J connectivity index is 1.59. The van der Waals surface area contributed by atoms with E-state index in [4.69, 9.17) is 25.8 Å². The fourth-order valence-electron chi connectivity index (χ4n) is 2.58. The maximum atomic E-state index is 12.3. The van der Waals surface area contributed by atoms with Crippen molar-refractivity contribution in [3.8, 4) is 22.8 Å². The number of aromatic nitrogens is 1. The largest absolute Gasteiger partial charge is 0.482 e. The van der Waals surface area contributed by atoms with Gasteiger partial charge in [-0.05, 0) is 35.4 Å². The number of anilines is 1. The fourth-order valence-corrected chi connectivity index (χ4v) is 2.82. The molecule has 0 unspecified atom stereocenters. The number of nitrogens with one attached hydrogen (secondary N) is 1. The molecule has 1 N–H and O–H groups in total. The number of methoxy groups -OCH3 is 1. The van der Waals surface area contributed by atoms with Gasteiger partial charge in [-0.25, -0.2) is 4.98 Å². The standard InChI is InChI=1S/C22H21ClN2O4/c1-27-12-13-28-22-19(8-5-11-24-22)25-21(26)15-29-20-10-9-17(14-18(20)23)16-6-3-2-4-7-16/h2-11,14H,12-13,15H2,1H3,(H,25,26). The number of hydrogen-bond acceptors (Lipinski definition) is 5. The molecule has 0 radical (unpaired) electrons. The van der Waals surface area contributed by atoms with Crippen molar-refractivity contribution in [2.24, 2.45) is 0 Å². The zero-order valence-electron chi connectivity index (χ0n) is 15.9. The Kier molecular flexibility index (Phi) is 7.44. The van der Waals surface area contributed by atoms with Crippen molar-refractivity contribution in [1.29, 1.82) is 0 Å². The molecule has 2 aromatic carbocycles. The predicted molar refractivity (Wildman–Crippen MR) is 113 cm³/mol. The second-order valence-electron chi connectivity index (χ2n) is 6.05. The Morgan fingerprint density at radius 3 is 2.59 bits per heavy atom. The van der Waals surface area contributed by atoms with Gasteiger partial charge in [-0.3, -0.25) is 4.79 Å². The maximum Gasteiger partial charge on any atom is 0.262 e. The van der Waals surface area contributed by atoms with E-state index in [1.54, 1.807) is 31.5 Å². The quantitative estimate of drug-likeness (QED) is 0.526. The van der Waals surface area contributed by atoms with Gasteiger partial charge in [-0.1, -0.05) is 48.0 Å². The predicted octanol–water partition coefficient (Wildman–Crippen LogP) is 4.44. The van der Waals surface area contributed by atoms with Gasteiger partial charge in [0.1, 0.15) is 18.0 Å². The lowest BCUT2D eigenvalue weighted by Crippen LogP contribution is -2.21. The van der Waals surface area contributed by atoms with Crippen LogP contribution < -0.4 is 14.8 Å². The summed E-state index contributed by atoms with van der Waals surface area (Å²) in [5.74, 6) is 0.408. The molecule has 0 atom stereocenters. The van der Waals surface area contributed by atoms with Crippen LogP contribution in [0.15, 0.2) is 66.9 Å². The van der Waals surface area contributed by atoms with Crippen molar-refractivity contribution in [3.05, 3.63) is 71.9 Å². The number of benzene rings is 2. The molecule has 0 bridgehead atoms. The first-order valence-electron chi connectivity index (χ1n) is 9.02. The van der Waals surface area contributed by atoms with E-state index in [2.05, 4.69) is 10.3 Å². The Morgan fingerprint density at radius 2 is 1.83 bits per heavy atom. The number of carbonyl (C=O) groups excluding carboxylic acids is 1. The third-order valence-corrected chi connectivity index (χ3v) is 4.26. The van der Waals surface area contributed by atoms with Crippen molar-refractivity contribution in [2.75, 3.05) is 32.2 Å². The van der Waals surface area contributed by atoms with E-state index in [-0.39, 0.29) is 12.5 Å². The average molecular weight is 413 g/mol. The molecule has 0 saturated heterocycles. The minimum absolute atomic E-state index is 0.198. The summed E-state index contributed by atoms with van der Waals surface area (Å²) in [6.07, 6.45) is 1.59. The summed E-state index contributed by atoms with van der Waals surface area (Å²) < 4.78 is 16.0. The molecule has 7 heteroatoms. The van der Waals surface area contributed by atoms with Crippen molar-refractivity contribution in [2.45, 2.75) is 0 Å². The first kappa shape index (κ1) is 20.6. The molecule has 3 rings (SSSR count). The molecule has 1 heterocycles. The molecule has 3 aromatic rings. The van der Waals surface area contributed by atoms with Gasteiger partial charge in [-0.15, -0.1) is 0 Å². The summed E-state index contributed by atoms with van der Waals surface area (Å²) in [6.45, 7) is 0.553. The normalized spacial score (nSPS) is 10.4. The molecule has 1 amide bonds. The van der Waals surface area contributed by atoms with Crippen molar-refractivity contribution >= 4 is 23.2 Å². The zero-order chi connectivity index (χ0) is 20.5. The highest BCUT2D eigenvalue weighted by atomic mass is 35.5. The van der Waals surface area contributed by atoms with Crippen LogP contribution >= 0.6 is 11.6 Å². The van der Waals surface area contributed by atoms with Crippen LogP contribution in [0.4, 0.5) is 5.69 Å². The number of halogens is 1. The number of rotatable bonds is 9. The minimum atomic E-state index is -0.349. The Morgan fingerprint density at radius 1 is 1.00 bits per heavy atom. The van der Waals surface area contributed by atoms with Crippen LogP contribution in [0.1, 0.15) is 0 Å². The third-order valence-electron chi connectivity index (χ3n) is 3.97. The summed E-state index contributed by atoms with van der Waals surface area (Å²) >= 11 is 6.32. The molecule has 0 saturated carbocycles. The van der Waals surface area contributed by atoms with Crippen LogP contribution in [0.2, 0.25) is 5.02 Å². The van der Waals surface area contributed by atoms with E-state index >= 15 is 0 Å². The van der Waals surface area contributed by atoms with E-state index < -0.39 is 0 Å². The van der Waals surface area contributed by atoms with Gasteiger partial charge in [0.25, 0.3) is 5.91 Å². The zero-order valence-corrected chi connectivity index (χ0v) is 16.7. The lowest BCUT2D eigenvalue weighted by Gasteiger charge is -2.12. The van der Waals surface area contributed by atoms with Crippen LogP contribution in [0.5, 0.6) is 11.6 Å². The molecule has 0 aliphatic heterocycles. The van der Waals surface area contributed by atoms with Gasteiger partial charge in [0.05, 0.1) is 11.6 Å². The van der Waals surface area contributed by atoms with Crippen molar-refractivity contribution in [1.82, 2.24) is 4.98 Å². The SMILES string of the molecule is COCCOc1ncccc1NC(=O)COc1ccc(-c2ccccc2)cc1Cl. The highest BCUT2D eigenvalue weighted by Gasteiger charge is 2.11. The van der Waals surface area contributed by atoms with E-state index in [1.807, 2.05) is 42.5 Å². The molecular weight excluding hydrogens is 392 g/mol. The topological polar surface area (TPSA) is 69.7 Å². The van der Waals surface area contributed by atoms with Crippen molar-refractivity contribution < 1.29 is 19.0 Å². The molecule has 1 aromatic heterocycles. The highest BCUT2D eigenvalue weighted by molar-refractivity contribution is 6.32. The van der Waals surface area contributed by atoms with Crippen molar-refractivity contribution in [3.63, 3.8) is 0 Å². The average Bonchev–Trinajstić information content (AvgIpc) is 2.75. The second-order valence-corrected chi connectivity index (χ2v) is 6.45. The summed E-state index contributed by atoms with van der Waals surface area (Å²) in [6, 6.07) is 18.8. The molecular formula is C22H21ClN2O4. The summed E-state index contributed by atoms with van der Waals surface area (Å²) in [5.41, 5.74) is 2.49. The molecule has 29 heavy (non-hydrogen) atoms. The number of carbonyl (C=O) groups is 1. The Bertz CT molecular complexity index is 951. The maximum absolute atomic E-state index is 12.3. The molecule has 0 aliphatic carbocycles. The van der Waals surface area contributed by atoms with Crippen LogP contribution in [0, 0.1) is 0 Å². The van der Waals surface area contributed by atoms with Crippen LogP contribution in [0.25, 0.3) is 11.1 Å². The number of amides is 1. The van der Waals surface area contributed by atoms with Crippen LogP contribution in [-0.2, 0) is 9.53 Å². The third kappa shape index (κ3) is 5.94. The van der Waals surface area contributed by atoms with E-state index in [0.717, 1.165) is 11.1 Å². The van der Waals surface area contributed by atoms with Crippen LogP contribution in [0.3, 0.4) is 0 Å². The minimum Gasteiger partial charge on any atom is -0.482 e. The van der Waals surface area contributed by atoms with Crippen LogP contribution in [-0.4, -0.2) is 37.8 Å². The lowest BCUT2D eigenvalue weighted by molar-refractivity contribution is -0.118. The lowest BCUT2D eigenvalue weighted by atomic mass is 10.1. The Hall–Kier alpha value is -3.09. The molecule has 6 nitrogen and oxygen atoms in total. The van der Waals surface area contributed by atoms with Gasteiger partial charge in [-0.2, -0.15) is 0 Å². The van der Waals surface area contributed by atoms with E-state index in [0.29, 0.717) is 35.6 Å². The van der Waals surface area contributed by atoms with E-state index in [9.17, 15) is 4.79 Å². The number of hydrogen-bond donors (Lipinski definition) is 1. The van der Waals surface area contributed by atoms with Gasteiger partial charge in [0.15, 0.2) is 6.61 Å². The summed E-state index contributed by atoms with van der Waals surface area (Å²) in [5, 5.41) is 3.16. The number of pyridine rings is 1. The summed E-state index contributed by atoms with van der Waals surface area (Å²) in [4.78, 5) is 16.4. The highest BCUT2D eigenvalue weighted by Crippen LogP contribution is 2.30. The first-order chi connectivity index (χ1) is 14.2. The molecule has 0 aliphatic rings. The second kappa shape index (κ2) is 10.5. The van der Waals surface area contributed by atoms with E-state index in [1.165, 1.54) is 0 Å².